The Morgan fingerprint density at radius 1 is 0.763 bits per heavy atom. The normalized spacial score (nSPS) is 11.3. The summed E-state index contributed by atoms with van der Waals surface area (Å²) in [6.07, 6.45) is 2.10. The topological polar surface area (TPSA) is 62.4 Å². The van der Waals surface area contributed by atoms with Crippen LogP contribution in [0.4, 0.5) is 17.1 Å². The molecule has 0 aromatic heterocycles. The quantitative estimate of drug-likeness (QED) is 0.101. The first-order valence-corrected chi connectivity index (χ1v) is 13.9. The van der Waals surface area contributed by atoms with E-state index in [0.717, 1.165) is 46.1 Å². The van der Waals surface area contributed by atoms with Crippen LogP contribution >= 0.6 is 24.0 Å². The van der Waals surface area contributed by atoms with Gasteiger partial charge in [-0.15, -0.1) is 11.8 Å². The molecule has 4 aromatic rings. The predicted octanol–water partition coefficient (Wildman–Crippen LogP) is 8.15. The zero-order chi connectivity index (χ0) is 26.6. The monoisotopic (exact) mass is 541 g/mol. The van der Waals surface area contributed by atoms with E-state index in [9.17, 15) is 4.79 Å². The average molecular weight is 542 g/mol. The smallest absolute Gasteiger partial charge is 0.242 e. The lowest BCUT2D eigenvalue weighted by Crippen LogP contribution is -2.19. The Bertz CT molecular complexity index is 1300. The van der Waals surface area contributed by atoms with Gasteiger partial charge in [0.1, 0.15) is 11.0 Å². The number of carbonyl (C=O) groups excluding carboxylic acids is 1. The van der Waals surface area contributed by atoms with E-state index in [1.165, 1.54) is 11.8 Å². The lowest BCUT2D eigenvalue weighted by molar-refractivity contribution is -0.115. The van der Waals surface area contributed by atoms with Crippen LogP contribution in [-0.4, -0.2) is 17.6 Å². The molecule has 0 aliphatic rings. The van der Waals surface area contributed by atoms with Gasteiger partial charge in [0.15, 0.2) is 5.11 Å². The van der Waals surface area contributed by atoms with Gasteiger partial charge in [0, 0.05) is 22.0 Å². The molecule has 1 amide bonds. The average Bonchev–Trinajstić information content (AvgIpc) is 2.94. The number of nitrogens with one attached hydrogen (secondary N) is 3. The van der Waals surface area contributed by atoms with Gasteiger partial charge in [0.25, 0.3) is 0 Å². The number of ether oxygens (including phenoxy) is 1. The molecule has 0 saturated heterocycles. The largest absolute Gasteiger partial charge is 0.494 e. The van der Waals surface area contributed by atoms with Gasteiger partial charge >= 0.3 is 0 Å². The highest BCUT2D eigenvalue weighted by molar-refractivity contribution is 8.00. The van der Waals surface area contributed by atoms with Crippen molar-refractivity contribution in [2.24, 2.45) is 0 Å². The number of unbranched alkanes of at least 4 members (excludes halogenated alkanes) is 1. The first-order valence-electron chi connectivity index (χ1n) is 12.6. The number of carbonyl (C=O) groups is 1. The second kappa shape index (κ2) is 14.2. The molecule has 4 rings (SSSR count). The second-order valence-electron chi connectivity index (χ2n) is 8.59. The summed E-state index contributed by atoms with van der Waals surface area (Å²) in [6, 6.07) is 35.0. The molecule has 0 spiro atoms. The maximum Gasteiger partial charge on any atom is 0.242 e. The number of thioether (sulfide) groups is 1. The summed E-state index contributed by atoms with van der Waals surface area (Å²) in [6.45, 7) is 2.83. The third kappa shape index (κ3) is 8.36. The van der Waals surface area contributed by atoms with Crippen molar-refractivity contribution in [1.82, 2.24) is 0 Å². The molecule has 1 unspecified atom stereocenters. The summed E-state index contributed by atoms with van der Waals surface area (Å²) < 4.78 is 5.73. The molecule has 0 bridgehead atoms. The van der Waals surface area contributed by atoms with Gasteiger partial charge in [-0.25, -0.2) is 0 Å². The van der Waals surface area contributed by atoms with E-state index in [1.54, 1.807) is 0 Å². The molecule has 5 nitrogen and oxygen atoms in total. The zero-order valence-corrected chi connectivity index (χ0v) is 22.9. The van der Waals surface area contributed by atoms with Crippen molar-refractivity contribution in [2.45, 2.75) is 29.9 Å². The summed E-state index contributed by atoms with van der Waals surface area (Å²) in [5, 5.41) is 9.52. The fraction of sp³-hybridized carbons (Fsp3) is 0.161. The fourth-order valence-electron chi connectivity index (χ4n) is 3.65. The number of rotatable bonds is 11. The van der Waals surface area contributed by atoms with Crippen molar-refractivity contribution in [3.8, 4) is 5.75 Å². The molecule has 4 aromatic carbocycles. The standard InChI is InChI=1S/C31H31N3O2S2/c1-2-3-22-36-27-18-14-25(15-19-27)32-30(35)29(23-10-6-4-7-11-23)38-28-20-16-26(17-21-28)34-31(37)33-24-12-8-5-9-13-24/h4-21,29H,2-3,22H2,1H3,(H,32,35)(H2,33,34,37). The number of hydrogen-bond acceptors (Lipinski definition) is 4. The van der Waals surface area contributed by atoms with Gasteiger partial charge in [-0.3, -0.25) is 4.79 Å². The van der Waals surface area contributed by atoms with Crippen LogP contribution in [0.3, 0.4) is 0 Å². The minimum absolute atomic E-state index is 0.0868. The molecular weight excluding hydrogens is 510 g/mol. The minimum Gasteiger partial charge on any atom is -0.494 e. The molecule has 0 aliphatic heterocycles. The lowest BCUT2D eigenvalue weighted by atomic mass is 10.1. The number of hydrogen-bond donors (Lipinski definition) is 3. The lowest BCUT2D eigenvalue weighted by Gasteiger charge is -2.18. The highest BCUT2D eigenvalue weighted by Crippen LogP contribution is 2.37. The maximum absolute atomic E-state index is 13.4. The van der Waals surface area contributed by atoms with Crippen LogP contribution in [0.2, 0.25) is 0 Å². The molecular formula is C31H31N3O2S2. The number of amides is 1. The molecule has 0 radical (unpaired) electrons. The van der Waals surface area contributed by atoms with Gasteiger partial charge in [-0.1, -0.05) is 61.9 Å². The Balaban J connectivity index is 1.40. The highest BCUT2D eigenvalue weighted by Gasteiger charge is 2.22. The number of thiocarbonyl (C=S) groups is 1. The Kier molecular flexibility index (Phi) is 10.2. The van der Waals surface area contributed by atoms with E-state index in [-0.39, 0.29) is 5.91 Å². The van der Waals surface area contributed by atoms with E-state index in [4.69, 9.17) is 17.0 Å². The van der Waals surface area contributed by atoms with E-state index in [1.807, 2.05) is 109 Å². The van der Waals surface area contributed by atoms with Crippen molar-refractivity contribution >= 4 is 52.1 Å². The Hall–Kier alpha value is -3.81. The van der Waals surface area contributed by atoms with Gasteiger partial charge in [-0.2, -0.15) is 0 Å². The van der Waals surface area contributed by atoms with Crippen molar-refractivity contribution in [3.63, 3.8) is 0 Å². The molecule has 3 N–H and O–H groups in total. The van der Waals surface area contributed by atoms with Crippen LogP contribution in [0.1, 0.15) is 30.6 Å². The molecule has 1 atom stereocenters. The molecule has 0 aliphatic carbocycles. The molecule has 0 fully saturated rings. The van der Waals surface area contributed by atoms with E-state index >= 15 is 0 Å². The summed E-state index contributed by atoms with van der Waals surface area (Å²) >= 11 is 6.93. The minimum atomic E-state index is -0.420. The van der Waals surface area contributed by atoms with Gasteiger partial charge in [0.2, 0.25) is 5.91 Å². The fourth-order valence-corrected chi connectivity index (χ4v) is 4.91. The van der Waals surface area contributed by atoms with E-state index < -0.39 is 5.25 Å². The molecule has 38 heavy (non-hydrogen) atoms. The van der Waals surface area contributed by atoms with Gasteiger partial charge in [0.05, 0.1) is 6.61 Å². The summed E-state index contributed by atoms with van der Waals surface area (Å²) in [7, 11) is 0. The van der Waals surface area contributed by atoms with Crippen molar-refractivity contribution in [2.75, 3.05) is 22.6 Å². The molecule has 7 heteroatoms. The maximum atomic E-state index is 13.4. The van der Waals surface area contributed by atoms with E-state index in [0.29, 0.717) is 11.7 Å². The van der Waals surface area contributed by atoms with Gasteiger partial charge < -0.3 is 20.7 Å². The van der Waals surface area contributed by atoms with Crippen molar-refractivity contribution in [3.05, 3.63) is 115 Å². The summed E-state index contributed by atoms with van der Waals surface area (Å²) in [4.78, 5) is 14.4. The third-order valence-electron chi connectivity index (χ3n) is 5.63. The molecule has 0 saturated carbocycles. The first kappa shape index (κ1) is 27.2. The summed E-state index contributed by atoms with van der Waals surface area (Å²) in [5.74, 6) is 0.717. The number of anilines is 3. The third-order valence-corrected chi connectivity index (χ3v) is 7.10. The highest BCUT2D eigenvalue weighted by atomic mass is 32.2. The van der Waals surface area contributed by atoms with Crippen LogP contribution < -0.4 is 20.7 Å². The molecule has 194 valence electrons. The van der Waals surface area contributed by atoms with Crippen molar-refractivity contribution in [1.29, 1.82) is 0 Å². The van der Waals surface area contributed by atoms with Crippen LogP contribution in [0.5, 0.6) is 5.75 Å². The number of para-hydroxylation sites is 1. The van der Waals surface area contributed by atoms with Crippen LogP contribution in [0, 0.1) is 0 Å². The van der Waals surface area contributed by atoms with Crippen LogP contribution in [-0.2, 0) is 4.79 Å². The van der Waals surface area contributed by atoms with Crippen molar-refractivity contribution < 1.29 is 9.53 Å². The molecule has 0 heterocycles. The predicted molar refractivity (Wildman–Crippen MR) is 163 cm³/mol. The zero-order valence-electron chi connectivity index (χ0n) is 21.2. The second-order valence-corrected chi connectivity index (χ2v) is 10.2. The Morgan fingerprint density at radius 2 is 1.32 bits per heavy atom. The van der Waals surface area contributed by atoms with Crippen LogP contribution in [0.25, 0.3) is 0 Å². The Morgan fingerprint density at radius 3 is 1.95 bits per heavy atom. The SMILES string of the molecule is CCCCOc1ccc(NC(=O)C(Sc2ccc(NC(=S)Nc3ccccc3)cc2)c2ccccc2)cc1. The first-order chi connectivity index (χ1) is 18.6. The van der Waals surface area contributed by atoms with Crippen LogP contribution in [0.15, 0.2) is 114 Å². The number of benzene rings is 4. The summed E-state index contributed by atoms with van der Waals surface area (Å²) in [5.41, 5.74) is 3.46. The van der Waals surface area contributed by atoms with Gasteiger partial charge in [-0.05, 0) is 84.9 Å². The Labute approximate surface area is 234 Å². The van der Waals surface area contributed by atoms with E-state index in [2.05, 4.69) is 22.9 Å².